The first-order chi connectivity index (χ1) is 16.7. The van der Waals surface area contributed by atoms with E-state index in [1.807, 2.05) is 42.5 Å². The predicted octanol–water partition coefficient (Wildman–Crippen LogP) is 4.59. The highest BCUT2D eigenvalue weighted by Crippen LogP contribution is 2.25. The Hall–Kier alpha value is -5.12. The molecule has 0 radical (unpaired) electrons. The van der Waals surface area contributed by atoms with Crippen molar-refractivity contribution in [1.29, 1.82) is 0 Å². The van der Waals surface area contributed by atoms with E-state index in [0.717, 1.165) is 32.9 Å². The Labute approximate surface area is 192 Å². The minimum atomic E-state index is -0.289. The Bertz CT molecular complexity index is 1640. The van der Waals surface area contributed by atoms with Gasteiger partial charge in [0.25, 0.3) is 0 Å². The molecular weight excluding hydrogens is 430 g/mol. The molecule has 0 unspecified atom stereocenters. The van der Waals surface area contributed by atoms with E-state index >= 15 is 0 Å². The Morgan fingerprint density at radius 1 is 0.853 bits per heavy atom. The lowest BCUT2D eigenvalue weighted by molar-refractivity contribution is 0.253. The average molecular weight is 447 g/mol. The second kappa shape index (κ2) is 8.10. The first-order valence-electron chi connectivity index (χ1n) is 10.4. The number of aromatic nitrogens is 7. The number of rotatable bonds is 4. The van der Waals surface area contributed by atoms with Crippen LogP contribution in [0.15, 0.2) is 85.7 Å². The molecule has 4 aromatic heterocycles. The second-order valence-electron chi connectivity index (χ2n) is 7.63. The zero-order valence-electron chi connectivity index (χ0n) is 17.7. The van der Waals surface area contributed by atoms with Crippen molar-refractivity contribution in [2.24, 2.45) is 0 Å². The highest BCUT2D eigenvalue weighted by Gasteiger charge is 2.10. The lowest BCUT2D eigenvalue weighted by atomic mass is 10.1. The van der Waals surface area contributed by atoms with Crippen molar-refractivity contribution < 1.29 is 4.79 Å². The van der Waals surface area contributed by atoms with Crippen LogP contribution in [-0.2, 0) is 0 Å². The number of nitrogens with one attached hydrogen (secondary N) is 3. The zero-order chi connectivity index (χ0) is 22.9. The summed E-state index contributed by atoms with van der Waals surface area (Å²) in [5, 5.41) is 23.4. The molecule has 10 nitrogen and oxygen atoms in total. The molecule has 34 heavy (non-hydrogen) atoms. The van der Waals surface area contributed by atoms with Gasteiger partial charge in [0.05, 0.1) is 29.8 Å². The summed E-state index contributed by atoms with van der Waals surface area (Å²) >= 11 is 0. The van der Waals surface area contributed by atoms with E-state index in [0.29, 0.717) is 17.3 Å². The molecule has 4 heterocycles. The third kappa shape index (κ3) is 3.79. The third-order valence-electron chi connectivity index (χ3n) is 5.34. The molecule has 0 aliphatic carbocycles. The summed E-state index contributed by atoms with van der Waals surface area (Å²) in [5.74, 6) is 1.26. The highest BCUT2D eigenvalue weighted by molar-refractivity contribution is 5.96. The number of carbonyl (C=O) groups excluding carboxylic acids is 1. The fraction of sp³-hybridized carbons (Fsp3) is 0. The number of hydrogen-bond acceptors (Lipinski definition) is 7. The van der Waals surface area contributed by atoms with Gasteiger partial charge in [-0.1, -0.05) is 12.1 Å². The Balaban J connectivity index is 1.25. The third-order valence-corrected chi connectivity index (χ3v) is 5.34. The summed E-state index contributed by atoms with van der Waals surface area (Å²) in [5.41, 5.74) is 3.29. The molecule has 0 saturated carbocycles. The molecule has 164 valence electrons. The Morgan fingerprint density at radius 3 is 2.71 bits per heavy atom. The van der Waals surface area contributed by atoms with Crippen LogP contribution < -0.4 is 10.6 Å². The molecule has 10 heteroatoms. The molecule has 0 aliphatic heterocycles. The lowest BCUT2D eigenvalue weighted by Crippen LogP contribution is -2.17. The number of fused-ring (bicyclic) bond motifs is 2. The van der Waals surface area contributed by atoms with Crippen LogP contribution in [0.5, 0.6) is 0 Å². The van der Waals surface area contributed by atoms with Crippen molar-refractivity contribution in [3.63, 3.8) is 0 Å². The molecule has 0 bridgehead atoms. The summed E-state index contributed by atoms with van der Waals surface area (Å²) < 4.78 is 1.50. The second-order valence-corrected chi connectivity index (χ2v) is 7.63. The van der Waals surface area contributed by atoms with Crippen molar-refractivity contribution in [2.75, 3.05) is 10.6 Å². The van der Waals surface area contributed by atoms with Gasteiger partial charge in [0, 0.05) is 40.6 Å². The molecular formula is C24H17N9O. The number of carbonyl (C=O) groups is 1. The molecule has 6 rings (SSSR count). The Kier molecular flexibility index (Phi) is 4.66. The minimum absolute atomic E-state index is 0.289. The zero-order valence-corrected chi connectivity index (χ0v) is 17.7. The topological polar surface area (TPSA) is 126 Å². The molecule has 3 N–H and O–H groups in total. The van der Waals surface area contributed by atoms with Crippen LogP contribution in [0.25, 0.3) is 33.1 Å². The van der Waals surface area contributed by atoms with E-state index in [-0.39, 0.29) is 6.03 Å². The summed E-state index contributed by atoms with van der Waals surface area (Å²) in [6.07, 6.45) is 10.0. The predicted molar refractivity (Wildman–Crippen MR) is 129 cm³/mol. The molecule has 2 aromatic carbocycles. The maximum absolute atomic E-state index is 12.6. The maximum Gasteiger partial charge on any atom is 0.330 e. The van der Waals surface area contributed by atoms with Gasteiger partial charge in [-0.15, -0.1) is 0 Å². The van der Waals surface area contributed by atoms with Gasteiger partial charge in [-0.05, 0) is 41.8 Å². The van der Waals surface area contributed by atoms with Gasteiger partial charge < -0.3 is 10.6 Å². The van der Waals surface area contributed by atoms with E-state index in [9.17, 15) is 4.79 Å². The van der Waals surface area contributed by atoms with Crippen LogP contribution in [0, 0.1) is 0 Å². The van der Waals surface area contributed by atoms with Gasteiger partial charge in [0.2, 0.25) is 0 Å². The fourth-order valence-electron chi connectivity index (χ4n) is 3.69. The number of amides is 1. The van der Waals surface area contributed by atoms with E-state index in [1.54, 1.807) is 30.9 Å². The molecule has 0 fully saturated rings. The van der Waals surface area contributed by atoms with Crippen molar-refractivity contribution in [2.45, 2.75) is 0 Å². The van der Waals surface area contributed by atoms with E-state index in [4.69, 9.17) is 0 Å². The smallest absolute Gasteiger partial charge is 0.330 e. The highest BCUT2D eigenvalue weighted by atomic mass is 16.2. The average Bonchev–Trinajstić information content (AvgIpc) is 3.51. The number of anilines is 3. The van der Waals surface area contributed by atoms with Crippen molar-refractivity contribution in [3.8, 4) is 11.4 Å². The number of benzene rings is 2. The van der Waals surface area contributed by atoms with Crippen LogP contribution in [0.3, 0.4) is 0 Å². The van der Waals surface area contributed by atoms with Gasteiger partial charge in [-0.25, -0.2) is 14.8 Å². The summed E-state index contributed by atoms with van der Waals surface area (Å²) in [4.78, 5) is 21.7. The van der Waals surface area contributed by atoms with Crippen molar-refractivity contribution >= 4 is 44.9 Å². The summed E-state index contributed by atoms with van der Waals surface area (Å²) in [6, 6.07) is 15.0. The van der Waals surface area contributed by atoms with E-state index in [1.165, 1.54) is 17.0 Å². The number of H-pyrrole nitrogens is 1. The molecule has 0 saturated heterocycles. The molecule has 6 aromatic rings. The quantitative estimate of drug-likeness (QED) is 0.361. The SMILES string of the molecule is O=C(Nc1ccnnc1)n1cc2ccc(-c3nccc(Nc4ccc5[nH]ncc5c4)n3)cc2c1. The molecule has 0 atom stereocenters. The van der Waals surface area contributed by atoms with Gasteiger partial charge in [-0.2, -0.15) is 15.3 Å². The van der Waals surface area contributed by atoms with Gasteiger partial charge in [-0.3, -0.25) is 9.67 Å². The van der Waals surface area contributed by atoms with Crippen molar-refractivity contribution in [3.05, 3.63) is 85.7 Å². The number of hydrogen-bond donors (Lipinski definition) is 3. The van der Waals surface area contributed by atoms with E-state index in [2.05, 4.69) is 41.0 Å². The lowest BCUT2D eigenvalue weighted by Gasteiger charge is -2.07. The maximum atomic E-state index is 12.6. The summed E-state index contributed by atoms with van der Waals surface area (Å²) in [7, 11) is 0. The summed E-state index contributed by atoms with van der Waals surface area (Å²) in [6.45, 7) is 0. The number of nitrogens with zero attached hydrogens (tertiary/aromatic N) is 6. The standard InChI is InChI=1S/C24H17N9O/c34-24(30-20-5-8-26-27-12-20)33-13-16-2-1-15(9-18(16)14-33)23-25-7-6-22(31-23)29-19-3-4-21-17(10-19)11-28-32-21/h1-14H,(H,28,32)(H,25,29,31)(H,26,30,34). The van der Waals surface area contributed by atoms with Crippen LogP contribution >= 0.6 is 0 Å². The van der Waals surface area contributed by atoms with Gasteiger partial charge in [0.1, 0.15) is 5.82 Å². The fourth-order valence-corrected chi connectivity index (χ4v) is 3.69. The van der Waals surface area contributed by atoms with Crippen LogP contribution in [0.1, 0.15) is 0 Å². The molecule has 0 spiro atoms. The molecule has 1 amide bonds. The first kappa shape index (κ1) is 19.6. The largest absolute Gasteiger partial charge is 0.340 e. The van der Waals surface area contributed by atoms with E-state index < -0.39 is 0 Å². The van der Waals surface area contributed by atoms with Crippen LogP contribution in [0.2, 0.25) is 0 Å². The van der Waals surface area contributed by atoms with Gasteiger partial charge >= 0.3 is 6.03 Å². The van der Waals surface area contributed by atoms with Crippen LogP contribution in [0.4, 0.5) is 22.0 Å². The number of aromatic amines is 1. The monoisotopic (exact) mass is 447 g/mol. The first-order valence-corrected chi connectivity index (χ1v) is 10.4. The van der Waals surface area contributed by atoms with Crippen molar-refractivity contribution in [1.82, 2.24) is 34.9 Å². The molecule has 0 aliphatic rings. The minimum Gasteiger partial charge on any atom is -0.340 e. The van der Waals surface area contributed by atoms with Gasteiger partial charge in [0.15, 0.2) is 5.82 Å². The van der Waals surface area contributed by atoms with Crippen LogP contribution in [-0.4, -0.2) is 41.0 Å². The Morgan fingerprint density at radius 2 is 1.79 bits per heavy atom. The normalized spacial score (nSPS) is 11.1.